The molecule has 2 aliphatic heterocycles. The van der Waals surface area contributed by atoms with Crippen LogP contribution in [-0.2, 0) is 21.7 Å². The van der Waals surface area contributed by atoms with E-state index in [1.54, 1.807) is 0 Å². The van der Waals surface area contributed by atoms with Crippen molar-refractivity contribution in [2.75, 3.05) is 14.7 Å². The van der Waals surface area contributed by atoms with E-state index in [2.05, 4.69) is 261 Å². The molecule has 0 fully saturated rings. The summed E-state index contributed by atoms with van der Waals surface area (Å²) in [7, 11) is 0. The molecule has 0 radical (unpaired) electrons. The van der Waals surface area contributed by atoms with Crippen molar-refractivity contribution in [1.29, 1.82) is 0 Å². The Bertz CT molecular complexity index is 3520. The Morgan fingerprint density at radius 3 is 1.51 bits per heavy atom. The van der Waals surface area contributed by atoms with Crippen molar-refractivity contribution in [2.45, 2.75) is 97.8 Å². The smallest absolute Gasteiger partial charge is 0.126 e. The maximum absolute atomic E-state index is 2.65. The molecule has 1 aromatic heterocycles. The van der Waals surface area contributed by atoms with Gasteiger partial charge in [0.05, 0.1) is 34.1 Å². The third-order valence-electron chi connectivity index (χ3n) is 15.2. The average Bonchev–Trinajstić information content (AvgIpc) is 3.81. The van der Waals surface area contributed by atoms with Crippen LogP contribution in [0.1, 0.15) is 104 Å². The standard InChI is InChI=1S/C65H61N3S/c1-62(2,3)42-25-30-45(31-26-42)66-54-34-29-44(64(7,8)9)37-55(54)68-60-56(66)35-41(48-22-16-15-21-47(48)40-19-13-12-14-20-40)36-57(60)67(46-32-27-43(28-33-46)63(4,5)6)59-51-38-50-49-23-17-18-24-52(49)65(10,11)53(50)39-58(51)69-61(59)68/h12-39H,1-11H3. The van der Waals surface area contributed by atoms with Crippen LogP contribution in [0, 0.1) is 0 Å². The minimum atomic E-state index is -0.118. The summed E-state index contributed by atoms with van der Waals surface area (Å²) in [5, 5.41) is 2.51. The predicted octanol–water partition coefficient (Wildman–Crippen LogP) is 19.5. The molecule has 0 saturated carbocycles. The quantitative estimate of drug-likeness (QED) is 0.174. The molecule has 0 unspecified atom stereocenters. The number of fused-ring (bicyclic) bond motifs is 9. The third kappa shape index (κ3) is 6.73. The van der Waals surface area contributed by atoms with E-state index in [-0.39, 0.29) is 21.7 Å². The first-order chi connectivity index (χ1) is 32.9. The molecule has 3 aliphatic rings. The molecule has 9 aromatic rings. The third-order valence-corrected chi connectivity index (χ3v) is 16.3. The summed E-state index contributed by atoms with van der Waals surface area (Å²) in [5.41, 5.74) is 23.4. The zero-order valence-electron chi connectivity index (χ0n) is 41.9. The summed E-state index contributed by atoms with van der Waals surface area (Å²) >= 11 is 1.93. The van der Waals surface area contributed by atoms with Crippen molar-refractivity contribution < 1.29 is 0 Å². The Morgan fingerprint density at radius 2 is 0.899 bits per heavy atom. The highest BCUT2D eigenvalue weighted by Gasteiger charge is 2.44. The van der Waals surface area contributed by atoms with E-state index in [4.69, 9.17) is 0 Å². The molecule has 3 heterocycles. The Morgan fingerprint density at radius 1 is 0.377 bits per heavy atom. The van der Waals surface area contributed by atoms with Crippen molar-refractivity contribution >= 4 is 71.9 Å². The zero-order valence-corrected chi connectivity index (χ0v) is 42.7. The van der Waals surface area contributed by atoms with Crippen LogP contribution in [0.15, 0.2) is 170 Å². The van der Waals surface area contributed by atoms with Crippen molar-refractivity contribution in [3.05, 3.63) is 198 Å². The van der Waals surface area contributed by atoms with Gasteiger partial charge in [0.25, 0.3) is 0 Å². The first kappa shape index (κ1) is 43.4. The summed E-state index contributed by atoms with van der Waals surface area (Å²) in [6.07, 6.45) is 0. The highest BCUT2D eigenvalue weighted by Crippen LogP contribution is 2.68. The minimum absolute atomic E-state index is 0.00988. The fourth-order valence-electron chi connectivity index (χ4n) is 11.3. The number of nitrogens with zero attached hydrogens (tertiary/aromatic N) is 3. The van der Waals surface area contributed by atoms with E-state index < -0.39 is 0 Å². The van der Waals surface area contributed by atoms with Gasteiger partial charge in [0.2, 0.25) is 0 Å². The van der Waals surface area contributed by atoms with Crippen LogP contribution in [0.4, 0.5) is 50.5 Å². The van der Waals surface area contributed by atoms with E-state index in [9.17, 15) is 0 Å². The largest absolute Gasteiger partial charge is 0.306 e. The Hall–Kier alpha value is -6.88. The summed E-state index contributed by atoms with van der Waals surface area (Å²) in [5.74, 6) is 0. The molecule has 0 saturated heterocycles. The highest BCUT2D eigenvalue weighted by molar-refractivity contribution is 7.24. The van der Waals surface area contributed by atoms with Crippen LogP contribution in [0.2, 0.25) is 0 Å². The minimum Gasteiger partial charge on any atom is -0.306 e. The van der Waals surface area contributed by atoms with Crippen LogP contribution < -0.4 is 14.7 Å². The fraction of sp³-hybridized carbons (Fsp3) is 0.231. The van der Waals surface area contributed by atoms with Crippen molar-refractivity contribution in [3.8, 4) is 33.4 Å². The van der Waals surface area contributed by atoms with Gasteiger partial charge in [0.1, 0.15) is 5.00 Å². The van der Waals surface area contributed by atoms with Crippen LogP contribution in [0.25, 0.3) is 43.5 Å². The highest BCUT2D eigenvalue weighted by atomic mass is 32.1. The van der Waals surface area contributed by atoms with E-state index in [1.165, 1.54) is 99.0 Å². The molecule has 0 amide bonds. The lowest BCUT2D eigenvalue weighted by molar-refractivity contribution is 0.590. The van der Waals surface area contributed by atoms with Gasteiger partial charge in [-0.15, -0.1) is 11.3 Å². The van der Waals surface area contributed by atoms with Gasteiger partial charge in [-0.2, -0.15) is 0 Å². The van der Waals surface area contributed by atoms with Crippen molar-refractivity contribution in [1.82, 2.24) is 0 Å². The monoisotopic (exact) mass is 915 g/mol. The number of rotatable bonds is 4. The summed E-state index contributed by atoms with van der Waals surface area (Å²) < 4.78 is 1.30. The van der Waals surface area contributed by atoms with Crippen LogP contribution in [0.5, 0.6) is 0 Å². The number of benzene rings is 8. The molecule has 4 heteroatoms. The maximum atomic E-state index is 2.65. The van der Waals surface area contributed by atoms with Crippen molar-refractivity contribution in [2.24, 2.45) is 0 Å². The van der Waals surface area contributed by atoms with Gasteiger partial charge < -0.3 is 9.80 Å². The second-order valence-corrected chi connectivity index (χ2v) is 24.2. The molecule has 0 bridgehead atoms. The van der Waals surface area contributed by atoms with Gasteiger partial charge in [-0.25, -0.2) is 0 Å². The van der Waals surface area contributed by atoms with Gasteiger partial charge in [0, 0.05) is 26.9 Å². The molecule has 12 rings (SSSR count). The summed E-state index contributed by atoms with van der Waals surface area (Å²) in [4.78, 5) is 7.81. The number of anilines is 9. The maximum Gasteiger partial charge on any atom is 0.126 e. The molecule has 0 atom stereocenters. The predicted molar refractivity (Wildman–Crippen MR) is 298 cm³/mol. The lowest BCUT2D eigenvalue weighted by Gasteiger charge is -2.46. The van der Waals surface area contributed by atoms with Gasteiger partial charge >= 0.3 is 0 Å². The molecular formula is C65H61N3S. The van der Waals surface area contributed by atoms with Crippen LogP contribution in [0.3, 0.4) is 0 Å². The van der Waals surface area contributed by atoms with E-state index >= 15 is 0 Å². The lowest BCUT2D eigenvalue weighted by Crippen LogP contribution is -2.30. The Balaban J connectivity index is 1.22. The zero-order chi connectivity index (χ0) is 47.9. The van der Waals surface area contributed by atoms with Crippen molar-refractivity contribution in [3.63, 3.8) is 0 Å². The number of hydrogen-bond donors (Lipinski definition) is 0. The van der Waals surface area contributed by atoms with Gasteiger partial charge in [-0.05, 0) is 138 Å². The topological polar surface area (TPSA) is 9.72 Å². The Labute approximate surface area is 413 Å². The van der Waals surface area contributed by atoms with Gasteiger partial charge in [0.15, 0.2) is 0 Å². The number of hydrogen-bond acceptors (Lipinski definition) is 4. The number of thiophene rings is 1. The van der Waals surface area contributed by atoms with E-state index in [0.29, 0.717) is 0 Å². The molecule has 69 heavy (non-hydrogen) atoms. The van der Waals surface area contributed by atoms with Crippen LogP contribution in [-0.4, -0.2) is 0 Å². The average molecular weight is 916 g/mol. The second kappa shape index (κ2) is 15.1. The van der Waals surface area contributed by atoms with Gasteiger partial charge in [-0.1, -0.05) is 185 Å². The lowest BCUT2D eigenvalue weighted by atomic mass is 9.82. The Kier molecular flexibility index (Phi) is 9.47. The van der Waals surface area contributed by atoms with E-state index in [1.807, 2.05) is 11.3 Å². The molecule has 0 N–H and O–H groups in total. The van der Waals surface area contributed by atoms with Gasteiger partial charge in [-0.3, -0.25) is 4.90 Å². The molecule has 0 spiro atoms. The normalized spacial score (nSPS) is 14.6. The summed E-state index contributed by atoms with van der Waals surface area (Å²) in [6, 6.07) is 64.9. The van der Waals surface area contributed by atoms with Crippen LogP contribution >= 0.6 is 11.3 Å². The first-order valence-electron chi connectivity index (χ1n) is 24.7. The fourth-order valence-corrected chi connectivity index (χ4v) is 12.5. The molecular weight excluding hydrogens is 855 g/mol. The SMILES string of the molecule is CC(C)(C)c1ccc(N2c3ccc(C(C)(C)C)cc3N3c4sc5cc6c(cc5c4N(c4ccc(C(C)(C)C)cc4)c4cc(-c5ccccc5-c5ccccc5)cc2c43)-c2ccccc2C6(C)C)cc1. The first-order valence-corrected chi connectivity index (χ1v) is 25.5. The summed E-state index contributed by atoms with van der Waals surface area (Å²) in [6.45, 7) is 25.6. The molecule has 342 valence electrons. The second-order valence-electron chi connectivity index (χ2n) is 23.1. The molecule has 3 nitrogen and oxygen atoms in total. The van der Waals surface area contributed by atoms with E-state index in [0.717, 1.165) is 22.7 Å². The molecule has 1 aliphatic carbocycles. The molecule has 8 aromatic carbocycles.